The van der Waals surface area contributed by atoms with Gasteiger partial charge in [0.05, 0.1) is 0 Å². The number of hydrogen-bond acceptors (Lipinski definition) is 3. The Bertz CT molecular complexity index is 233. The summed E-state index contributed by atoms with van der Waals surface area (Å²) in [4.78, 5) is 23.7. The quantitative estimate of drug-likeness (QED) is 0.515. The first-order valence-electron chi connectivity index (χ1n) is 4.80. The summed E-state index contributed by atoms with van der Waals surface area (Å²) in [6, 6.07) is 0. The van der Waals surface area contributed by atoms with Gasteiger partial charge in [-0.1, -0.05) is 0 Å². The predicted octanol–water partition coefficient (Wildman–Crippen LogP) is 0.0433. The third-order valence-corrected chi connectivity index (χ3v) is 2.52. The van der Waals surface area contributed by atoms with Crippen LogP contribution in [0, 0.1) is 0 Å². The standard InChI is InChI=1S/C9H16N2O2S/c1-7(12)10-3-2-4-11-6-8(14)5-9(11)13/h8,14H,2-6H2,1H3,(H,10,12). The summed E-state index contributed by atoms with van der Waals surface area (Å²) in [5.41, 5.74) is 0. The van der Waals surface area contributed by atoms with Crippen molar-refractivity contribution in [3.63, 3.8) is 0 Å². The van der Waals surface area contributed by atoms with Crippen LogP contribution < -0.4 is 5.32 Å². The molecule has 1 aliphatic heterocycles. The fraction of sp³-hybridized carbons (Fsp3) is 0.778. The highest BCUT2D eigenvalue weighted by molar-refractivity contribution is 7.81. The molecule has 0 saturated carbocycles. The second-order valence-electron chi connectivity index (χ2n) is 3.53. The van der Waals surface area contributed by atoms with Crippen molar-refractivity contribution in [2.75, 3.05) is 19.6 Å². The number of thiol groups is 1. The first-order valence-corrected chi connectivity index (χ1v) is 5.31. The van der Waals surface area contributed by atoms with Gasteiger partial charge in [0, 0.05) is 38.2 Å². The van der Waals surface area contributed by atoms with Crippen LogP contribution in [0.25, 0.3) is 0 Å². The lowest BCUT2D eigenvalue weighted by atomic mass is 10.4. The van der Waals surface area contributed by atoms with E-state index in [0.29, 0.717) is 13.0 Å². The third kappa shape index (κ3) is 3.57. The molecule has 0 aromatic carbocycles. The molecule has 0 spiro atoms. The molecular formula is C9H16N2O2S. The molecule has 0 bridgehead atoms. The maximum Gasteiger partial charge on any atom is 0.223 e. The lowest BCUT2D eigenvalue weighted by molar-refractivity contribution is -0.127. The SMILES string of the molecule is CC(=O)NCCCN1CC(S)CC1=O. The fourth-order valence-corrected chi connectivity index (χ4v) is 1.86. The number of nitrogens with one attached hydrogen (secondary N) is 1. The minimum Gasteiger partial charge on any atom is -0.356 e. The Balaban J connectivity index is 2.13. The molecule has 1 fully saturated rings. The van der Waals surface area contributed by atoms with Gasteiger partial charge in [0.25, 0.3) is 0 Å². The van der Waals surface area contributed by atoms with Crippen LogP contribution in [0.15, 0.2) is 0 Å². The smallest absolute Gasteiger partial charge is 0.223 e. The van der Waals surface area contributed by atoms with Gasteiger partial charge in [0.2, 0.25) is 11.8 Å². The van der Waals surface area contributed by atoms with Gasteiger partial charge in [-0.05, 0) is 6.42 Å². The largest absolute Gasteiger partial charge is 0.356 e. The van der Waals surface area contributed by atoms with E-state index in [-0.39, 0.29) is 17.1 Å². The van der Waals surface area contributed by atoms with Gasteiger partial charge in [-0.15, -0.1) is 0 Å². The molecule has 0 aromatic heterocycles. The molecule has 4 nitrogen and oxygen atoms in total. The van der Waals surface area contributed by atoms with Crippen LogP contribution in [-0.4, -0.2) is 41.6 Å². The molecule has 0 aromatic rings. The maximum absolute atomic E-state index is 11.3. The minimum absolute atomic E-state index is 0.0233. The molecule has 1 N–H and O–H groups in total. The summed E-state index contributed by atoms with van der Waals surface area (Å²) in [6.07, 6.45) is 1.36. The molecule has 1 aliphatic rings. The monoisotopic (exact) mass is 216 g/mol. The van der Waals surface area contributed by atoms with Crippen molar-refractivity contribution in [1.82, 2.24) is 10.2 Å². The third-order valence-electron chi connectivity index (χ3n) is 2.17. The van der Waals surface area contributed by atoms with Crippen molar-refractivity contribution in [2.45, 2.75) is 25.0 Å². The van der Waals surface area contributed by atoms with Crippen LogP contribution in [0.2, 0.25) is 0 Å². The van der Waals surface area contributed by atoms with Gasteiger partial charge in [-0.3, -0.25) is 9.59 Å². The summed E-state index contributed by atoms with van der Waals surface area (Å²) < 4.78 is 0. The highest BCUT2D eigenvalue weighted by Crippen LogP contribution is 2.15. The Morgan fingerprint density at radius 1 is 1.71 bits per heavy atom. The normalized spacial score (nSPS) is 21.4. The Kier molecular flexibility index (Phi) is 4.25. The van der Waals surface area contributed by atoms with E-state index < -0.39 is 0 Å². The van der Waals surface area contributed by atoms with Crippen molar-refractivity contribution >= 4 is 24.4 Å². The van der Waals surface area contributed by atoms with Gasteiger partial charge in [0.15, 0.2) is 0 Å². The lowest BCUT2D eigenvalue weighted by Gasteiger charge is -2.15. The second-order valence-corrected chi connectivity index (χ2v) is 4.26. The van der Waals surface area contributed by atoms with Gasteiger partial charge < -0.3 is 10.2 Å². The van der Waals surface area contributed by atoms with E-state index in [4.69, 9.17) is 0 Å². The molecule has 14 heavy (non-hydrogen) atoms. The molecule has 1 atom stereocenters. The first kappa shape index (κ1) is 11.4. The average molecular weight is 216 g/mol. The van der Waals surface area contributed by atoms with Crippen LogP contribution in [-0.2, 0) is 9.59 Å². The molecule has 0 radical (unpaired) electrons. The lowest BCUT2D eigenvalue weighted by Crippen LogP contribution is -2.30. The zero-order chi connectivity index (χ0) is 10.6. The summed E-state index contributed by atoms with van der Waals surface area (Å²) in [5, 5.41) is 2.88. The maximum atomic E-state index is 11.3. The second kappa shape index (κ2) is 5.24. The highest BCUT2D eigenvalue weighted by atomic mass is 32.1. The number of nitrogens with zero attached hydrogens (tertiary/aromatic N) is 1. The van der Waals surface area contributed by atoms with E-state index in [1.165, 1.54) is 6.92 Å². The van der Waals surface area contributed by atoms with Gasteiger partial charge in [-0.2, -0.15) is 12.6 Å². The average Bonchev–Trinajstić information content (AvgIpc) is 2.39. The molecule has 1 rings (SSSR count). The zero-order valence-electron chi connectivity index (χ0n) is 8.32. The van der Waals surface area contributed by atoms with E-state index in [1.807, 2.05) is 0 Å². The van der Waals surface area contributed by atoms with Crippen LogP contribution in [0.5, 0.6) is 0 Å². The molecule has 1 unspecified atom stereocenters. The number of likely N-dealkylation sites (tertiary alicyclic amines) is 1. The van der Waals surface area contributed by atoms with Crippen molar-refractivity contribution in [3.8, 4) is 0 Å². The van der Waals surface area contributed by atoms with Crippen LogP contribution in [0.4, 0.5) is 0 Å². The minimum atomic E-state index is -0.0233. The number of carbonyl (C=O) groups is 2. The van der Waals surface area contributed by atoms with E-state index in [2.05, 4.69) is 17.9 Å². The number of rotatable bonds is 4. The van der Waals surface area contributed by atoms with Gasteiger partial charge in [-0.25, -0.2) is 0 Å². The van der Waals surface area contributed by atoms with Crippen molar-refractivity contribution in [1.29, 1.82) is 0 Å². The summed E-state index contributed by atoms with van der Waals surface area (Å²) in [7, 11) is 0. The topological polar surface area (TPSA) is 49.4 Å². The first-order chi connectivity index (χ1) is 6.59. The van der Waals surface area contributed by atoms with E-state index in [0.717, 1.165) is 19.5 Å². The van der Waals surface area contributed by atoms with Crippen LogP contribution in [0.3, 0.4) is 0 Å². The Morgan fingerprint density at radius 2 is 2.43 bits per heavy atom. The van der Waals surface area contributed by atoms with Gasteiger partial charge >= 0.3 is 0 Å². The predicted molar refractivity (Wildman–Crippen MR) is 57.3 cm³/mol. The molecule has 1 heterocycles. The Labute approximate surface area is 89.4 Å². The highest BCUT2D eigenvalue weighted by Gasteiger charge is 2.26. The molecule has 5 heteroatoms. The van der Waals surface area contributed by atoms with E-state index in [9.17, 15) is 9.59 Å². The number of amides is 2. The Hall–Kier alpha value is -0.710. The van der Waals surface area contributed by atoms with E-state index in [1.54, 1.807) is 4.90 Å². The number of carbonyl (C=O) groups excluding carboxylic acids is 2. The van der Waals surface area contributed by atoms with Crippen LogP contribution >= 0.6 is 12.6 Å². The summed E-state index contributed by atoms with van der Waals surface area (Å²) in [5.74, 6) is 0.151. The van der Waals surface area contributed by atoms with Crippen molar-refractivity contribution in [3.05, 3.63) is 0 Å². The number of hydrogen-bond donors (Lipinski definition) is 2. The summed E-state index contributed by atoms with van der Waals surface area (Å²) >= 11 is 4.26. The molecule has 0 aliphatic carbocycles. The van der Waals surface area contributed by atoms with Crippen molar-refractivity contribution < 1.29 is 9.59 Å². The molecule has 2 amide bonds. The molecular weight excluding hydrogens is 200 g/mol. The molecule has 80 valence electrons. The fourth-order valence-electron chi connectivity index (χ4n) is 1.50. The molecule has 1 saturated heterocycles. The van der Waals surface area contributed by atoms with Crippen molar-refractivity contribution in [2.24, 2.45) is 0 Å². The zero-order valence-corrected chi connectivity index (χ0v) is 9.22. The Morgan fingerprint density at radius 3 is 2.93 bits per heavy atom. The van der Waals surface area contributed by atoms with Gasteiger partial charge in [0.1, 0.15) is 0 Å². The van der Waals surface area contributed by atoms with E-state index >= 15 is 0 Å². The van der Waals surface area contributed by atoms with Crippen LogP contribution in [0.1, 0.15) is 19.8 Å². The summed E-state index contributed by atoms with van der Waals surface area (Å²) in [6.45, 7) is 3.58.